The molecule has 1 aliphatic rings. The first-order valence-corrected chi connectivity index (χ1v) is 5.35. The van der Waals surface area contributed by atoms with E-state index in [1.807, 2.05) is 6.08 Å². The van der Waals surface area contributed by atoms with E-state index in [0.717, 1.165) is 25.1 Å². The first-order chi connectivity index (χ1) is 7.68. The fraction of sp³-hybridized carbons (Fsp3) is 0.273. The average molecular weight is 275 g/mol. The van der Waals surface area contributed by atoms with Gasteiger partial charge in [0, 0.05) is 12.7 Å². The van der Waals surface area contributed by atoms with Gasteiger partial charge in [0.1, 0.15) is 0 Å². The quantitative estimate of drug-likeness (QED) is 0.868. The lowest BCUT2D eigenvalue weighted by Crippen LogP contribution is -2.20. The number of rotatable bonds is 2. The summed E-state index contributed by atoms with van der Waals surface area (Å²) in [6, 6.07) is 1.44. The molecule has 2 heterocycles. The van der Waals surface area contributed by atoms with E-state index < -0.39 is 5.97 Å². The summed E-state index contributed by atoms with van der Waals surface area (Å²) in [4.78, 5) is 14.8. The second-order valence-corrected chi connectivity index (χ2v) is 3.95. The lowest BCUT2D eigenvalue weighted by molar-refractivity contribution is 0.0696. The van der Waals surface area contributed by atoms with E-state index >= 15 is 0 Å². The molecule has 0 spiro atoms. The Bertz CT molecular complexity index is 461. The van der Waals surface area contributed by atoms with E-state index in [9.17, 15) is 4.79 Å². The summed E-state index contributed by atoms with van der Waals surface area (Å²) in [7, 11) is 0. The fourth-order valence-electron chi connectivity index (χ4n) is 1.63. The molecule has 0 bridgehead atoms. The van der Waals surface area contributed by atoms with Crippen molar-refractivity contribution in [3.63, 3.8) is 0 Å². The second-order valence-electron chi connectivity index (χ2n) is 3.54. The van der Waals surface area contributed by atoms with Gasteiger partial charge in [0.15, 0.2) is 0 Å². The van der Waals surface area contributed by atoms with Crippen LogP contribution < -0.4 is 5.32 Å². The largest absolute Gasteiger partial charge is 0.478 e. The van der Waals surface area contributed by atoms with Crippen LogP contribution in [0.3, 0.4) is 0 Å². The smallest absolute Gasteiger partial charge is 0.337 e. The van der Waals surface area contributed by atoms with Crippen LogP contribution in [-0.4, -0.2) is 29.1 Å². The van der Waals surface area contributed by atoms with E-state index in [4.69, 9.17) is 16.7 Å². The van der Waals surface area contributed by atoms with E-state index in [0.29, 0.717) is 10.7 Å². The molecule has 4 nitrogen and oxygen atoms in total. The number of hydrogen-bond acceptors (Lipinski definition) is 3. The third-order valence-electron chi connectivity index (χ3n) is 2.46. The number of carbonyl (C=O) groups is 1. The van der Waals surface area contributed by atoms with Crippen molar-refractivity contribution in [1.82, 2.24) is 10.3 Å². The van der Waals surface area contributed by atoms with Crippen molar-refractivity contribution in [3.8, 4) is 0 Å². The maximum atomic E-state index is 10.7. The summed E-state index contributed by atoms with van der Waals surface area (Å²) in [5, 5.41) is 12.4. The van der Waals surface area contributed by atoms with E-state index in [-0.39, 0.29) is 18.0 Å². The Hall–Kier alpha value is -1.10. The van der Waals surface area contributed by atoms with Crippen LogP contribution in [0.25, 0.3) is 5.57 Å². The number of aromatic carboxylic acids is 1. The van der Waals surface area contributed by atoms with Crippen molar-refractivity contribution in [3.05, 3.63) is 34.6 Å². The van der Waals surface area contributed by atoms with Crippen molar-refractivity contribution in [2.75, 3.05) is 13.1 Å². The Balaban J connectivity index is 0.00000144. The van der Waals surface area contributed by atoms with Gasteiger partial charge in [0.2, 0.25) is 0 Å². The van der Waals surface area contributed by atoms with Crippen LogP contribution in [0.15, 0.2) is 18.3 Å². The molecule has 0 radical (unpaired) electrons. The summed E-state index contributed by atoms with van der Waals surface area (Å²) < 4.78 is 0. The van der Waals surface area contributed by atoms with Crippen LogP contribution in [0.1, 0.15) is 22.5 Å². The molecule has 1 aromatic rings. The number of pyridine rings is 1. The predicted molar refractivity (Wildman–Crippen MR) is 68.9 cm³/mol. The highest BCUT2D eigenvalue weighted by atomic mass is 35.5. The van der Waals surface area contributed by atoms with Gasteiger partial charge in [0.05, 0.1) is 16.3 Å². The predicted octanol–water partition coefficient (Wildman–Crippen LogP) is 2.23. The summed E-state index contributed by atoms with van der Waals surface area (Å²) in [5.74, 6) is -1.01. The van der Waals surface area contributed by atoms with Crippen LogP contribution in [0.4, 0.5) is 0 Å². The van der Waals surface area contributed by atoms with Crippen molar-refractivity contribution in [1.29, 1.82) is 0 Å². The third-order valence-corrected chi connectivity index (χ3v) is 2.74. The van der Waals surface area contributed by atoms with Crippen molar-refractivity contribution >= 4 is 35.6 Å². The van der Waals surface area contributed by atoms with E-state index in [2.05, 4.69) is 10.3 Å². The minimum atomic E-state index is -1.01. The van der Waals surface area contributed by atoms with E-state index in [1.54, 1.807) is 0 Å². The van der Waals surface area contributed by atoms with Gasteiger partial charge < -0.3 is 10.4 Å². The monoisotopic (exact) mass is 274 g/mol. The summed E-state index contributed by atoms with van der Waals surface area (Å²) in [5.41, 5.74) is 1.87. The van der Waals surface area contributed by atoms with Crippen LogP contribution in [0, 0.1) is 0 Å². The number of nitrogens with one attached hydrogen (secondary N) is 1. The summed E-state index contributed by atoms with van der Waals surface area (Å²) in [6.07, 6.45) is 4.23. The number of carboxylic acid groups (broad SMARTS) is 1. The summed E-state index contributed by atoms with van der Waals surface area (Å²) >= 11 is 6.02. The van der Waals surface area contributed by atoms with Gasteiger partial charge in [-0.15, -0.1) is 12.4 Å². The fourth-order valence-corrected chi connectivity index (χ4v) is 1.92. The molecular weight excluding hydrogens is 263 g/mol. The molecule has 0 saturated carbocycles. The number of nitrogens with zero attached hydrogens (tertiary/aromatic N) is 1. The standard InChI is InChI=1S/C11H11ClN2O2.ClH/c12-9-5-8(11(15)16)6-14-10(9)7-1-3-13-4-2-7;/h1,5-6,13H,2-4H2,(H,15,16);1H. The molecule has 0 unspecified atom stereocenters. The van der Waals surface area contributed by atoms with Gasteiger partial charge in [-0.1, -0.05) is 17.7 Å². The molecule has 1 aromatic heterocycles. The number of carboxylic acids is 1. The van der Waals surface area contributed by atoms with Crippen molar-refractivity contribution < 1.29 is 9.90 Å². The second kappa shape index (κ2) is 6.00. The summed E-state index contributed by atoms with van der Waals surface area (Å²) in [6.45, 7) is 1.69. The molecule has 92 valence electrons. The first-order valence-electron chi connectivity index (χ1n) is 4.97. The maximum Gasteiger partial charge on any atom is 0.337 e. The highest BCUT2D eigenvalue weighted by Crippen LogP contribution is 2.25. The Morgan fingerprint density at radius 3 is 2.82 bits per heavy atom. The molecule has 17 heavy (non-hydrogen) atoms. The maximum absolute atomic E-state index is 10.7. The zero-order valence-corrected chi connectivity index (χ0v) is 10.5. The zero-order chi connectivity index (χ0) is 11.5. The molecule has 0 saturated heterocycles. The third kappa shape index (κ3) is 3.19. The highest BCUT2D eigenvalue weighted by Gasteiger charge is 2.13. The Labute approximate surface area is 110 Å². The van der Waals surface area contributed by atoms with Gasteiger partial charge >= 0.3 is 5.97 Å². The number of aromatic nitrogens is 1. The SMILES string of the molecule is Cl.O=C(O)c1cnc(C2=CCNCC2)c(Cl)c1. The Kier molecular flexibility index (Phi) is 4.93. The normalized spacial score (nSPS) is 14.8. The molecule has 2 rings (SSSR count). The van der Waals surface area contributed by atoms with Crippen LogP contribution >= 0.6 is 24.0 Å². The molecule has 0 fully saturated rings. The zero-order valence-electron chi connectivity index (χ0n) is 8.94. The topological polar surface area (TPSA) is 62.2 Å². The molecule has 2 N–H and O–H groups in total. The first kappa shape index (κ1) is 14.0. The van der Waals surface area contributed by atoms with Crippen LogP contribution in [0.2, 0.25) is 5.02 Å². The molecule has 6 heteroatoms. The molecule has 1 aliphatic heterocycles. The molecule has 0 amide bonds. The minimum Gasteiger partial charge on any atom is -0.478 e. The lowest BCUT2D eigenvalue weighted by atomic mass is 10.0. The molecule has 0 aromatic carbocycles. The average Bonchev–Trinajstić information content (AvgIpc) is 2.30. The molecular formula is C11H12Cl2N2O2. The van der Waals surface area contributed by atoms with Crippen molar-refractivity contribution in [2.45, 2.75) is 6.42 Å². The van der Waals surface area contributed by atoms with E-state index in [1.165, 1.54) is 12.3 Å². The lowest BCUT2D eigenvalue weighted by Gasteiger charge is -2.14. The minimum absolute atomic E-state index is 0. The van der Waals surface area contributed by atoms with Gasteiger partial charge in [0.25, 0.3) is 0 Å². The van der Waals surface area contributed by atoms with Gasteiger partial charge in [-0.3, -0.25) is 4.98 Å². The highest BCUT2D eigenvalue weighted by molar-refractivity contribution is 6.32. The van der Waals surface area contributed by atoms with Gasteiger partial charge in [-0.2, -0.15) is 0 Å². The Morgan fingerprint density at radius 2 is 2.29 bits per heavy atom. The van der Waals surface area contributed by atoms with Crippen LogP contribution in [0.5, 0.6) is 0 Å². The molecule has 0 aliphatic carbocycles. The van der Waals surface area contributed by atoms with Gasteiger partial charge in [-0.05, 0) is 24.6 Å². The van der Waals surface area contributed by atoms with Gasteiger partial charge in [-0.25, -0.2) is 4.79 Å². The Morgan fingerprint density at radius 1 is 1.53 bits per heavy atom. The van der Waals surface area contributed by atoms with Crippen LogP contribution in [-0.2, 0) is 0 Å². The molecule has 0 atom stereocenters. The number of halogens is 2. The van der Waals surface area contributed by atoms with Crippen molar-refractivity contribution in [2.24, 2.45) is 0 Å². The number of hydrogen-bond donors (Lipinski definition) is 2.